The Hall–Kier alpha value is -2.54. The van der Waals surface area contributed by atoms with E-state index >= 15 is 0 Å². The second kappa shape index (κ2) is 6.07. The van der Waals surface area contributed by atoms with Gasteiger partial charge in [0.1, 0.15) is 17.6 Å². The zero-order valence-corrected chi connectivity index (χ0v) is 12.7. The third-order valence-corrected chi connectivity index (χ3v) is 4.51. The quantitative estimate of drug-likeness (QED) is 0.916. The molecule has 0 amide bonds. The summed E-state index contributed by atoms with van der Waals surface area (Å²) in [5, 5.41) is 12.5. The van der Waals surface area contributed by atoms with Crippen molar-refractivity contribution in [1.29, 1.82) is 5.26 Å². The molecule has 0 bridgehead atoms. The van der Waals surface area contributed by atoms with E-state index in [1.54, 1.807) is 25.4 Å². The predicted octanol–water partition coefficient (Wildman–Crippen LogP) is 3.50. The molecule has 0 radical (unpaired) electrons. The van der Waals surface area contributed by atoms with Crippen molar-refractivity contribution in [3.05, 3.63) is 53.7 Å². The average Bonchev–Trinajstić information content (AvgIpc) is 2.54. The highest BCUT2D eigenvalue weighted by atomic mass is 16.5. The van der Waals surface area contributed by atoms with E-state index in [0.29, 0.717) is 11.4 Å². The van der Waals surface area contributed by atoms with Crippen LogP contribution in [0.3, 0.4) is 0 Å². The number of rotatable bonds is 5. The monoisotopic (exact) mass is 293 g/mol. The van der Waals surface area contributed by atoms with Crippen LogP contribution in [0.25, 0.3) is 0 Å². The first-order chi connectivity index (χ1) is 10.8. The summed E-state index contributed by atoms with van der Waals surface area (Å²) in [5.74, 6) is 1.59. The molecule has 1 aromatic heterocycles. The molecule has 1 aromatic carbocycles. The molecule has 1 aliphatic rings. The minimum atomic E-state index is 0.0663. The number of nitrogens with one attached hydrogen (secondary N) is 1. The van der Waals surface area contributed by atoms with Gasteiger partial charge in [-0.2, -0.15) is 5.26 Å². The van der Waals surface area contributed by atoms with Gasteiger partial charge in [-0.1, -0.05) is 24.6 Å². The van der Waals surface area contributed by atoms with E-state index in [2.05, 4.69) is 28.5 Å². The van der Waals surface area contributed by atoms with Gasteiger partial charge in [0, 0.05) is 23.7 Å². The lowest BCUT2D eigenvalue weighted by Gasteiger charge is -2.43. The van der Waals surface area contributed by atoms with Gasteiger partial charge >= 0.3 is 0 Å². The Balaban J connectivity index is 1.84. The number of nitriles is 1. The number of para-hydroxylation sites is 1. The second-order valence-electron chi connectivity index (χ2n) is 5.70. The molecular formula is C18H19N3O. The number of benzene rings is 1. The number of aromatic nitrogens is 1. The van der Waals surface area contributed by atoms with Crippen molar-refractivity contribution < 1.29 is 4.74 Å². The molecule has 2 aromatic rings. The Morgan fingerprint density at radius 3 is 2.77 bits per heavy atom. The standard InChI is InChI=1S/C18H19N3O/c1-22-16-8-3-2-7-15(16)18(9-5-10-18)13-21-17-14(12-19)6-4-11-20-17/h2-4,6-8,11H,5,9-10,13H2,1H3,(H,20,21). The minimum absolute atomic E-state index is 0.0663. The molecule has 112 valence electrons. The highest BCUT2D eigenvalue weighted by Gasteiger charge is 2.40. The lowest BCUT2D eigenvalue weighted by atomic mass is 9.64. The van der Waals surface area contributed by atoms with Crippen LogP contribution in [-0.4, -0.2) is 18.6 Å². The maximum atomic E-state index is 9.17. The number of hydrogen-bond acceptors (Lipinski definition) is 4. The Morgan fingerprint density at radius 2 is 2.09 bits per heavy atom. The topological polar surface area (TPSA) is 57.9 Å². The van der Waals surface area contributed by atoms with E-state index in [9.17, 15) is 0 Å². The fourth-order valence-electron chi connectivity index (χ4n) is 3.12. The Bertz CT molecular complexity index is 701. The largest absolute Gasteiger partial charge is 0.496 e. The first-order valence-corrected chi connectivity index (χ1v) is 7.51. The Labute approximate surface area is 130 Å². The summed E-state index contributed by atoms with van der Waals surface area (Å²) in [5.41, 5.74) is 1.89. The van der Waals surface area contributed by atoms with E-state index in [1.807, 2.05) is 12.1 Å². The normalized spacial score (nSPS) is 15.5. The van der Waals surface area contributed by atoms with E-state index in [0.717, 1.165) is 25.1 Å². The first kappa shape index (κ1) is 14.4. The van der Waals surface area contributed by atoms with Crippen LogP contribution in [0.1, 0.15) is 30.4 Å². The van der Waals surface area contributed by atoms with E-state index in [4.69, 9.17) is 10.00 Å². The third kappa shape index (κ3) is 2.50. The van der Waals surface area contributed by atoms with Crippen molar-refractivity contribution in [1.82, 2.24) is 4.98 Å². The van der Waals surface area contributed by atoms with Crippen LogP contribution in [0.2, 0.25) is 0 Å². The van der Waals surface area contributed by atoms with Crippen LogP contribution < -0.4 is 10.1 Å². The molecule has 1 heterocycles. The zero-order chi connectivity index (χ0) is 15.4. The first-order valence-electron chi connectivity index (χ1n) is 7.51. The summed E-state index contributed by atoms with van der Waals surface area (Å²) in [6, 6.07) is 13.9. The van der Waals surface area contributed by atoms with Gasteiger partial charge in [0.05, 0.1) is 12.7 Å². The van der Waals surface area contributed by atoms with Gasteiger partial charge in [-0.05, 0) is 31.0 Å². The summed E-state index contributed by atoms with van der Waals surface area (Å²) in [6.45, 7) is 0.763. The molecule has 1 aliphatic carbocycles. The highest BCUT2D eigenvalue weighted by molar-refractivity contribution is 5.52. The summed E-state index contributed by atoms with van der Waals surface area (Å²) in [7, 11) is 1.71. The molecule has 3 rings (SSSR count). The predicted molar refractivity (Wildman–Crippen MR) is 86.0 cm³/mol. The van der Waals surface area contributed by atoms with Crippen molar-refractivity contribution in [2.45, 2.75) is 24.7 Å². The molecule has 1 N–H and O–H groups in total. The molecule has 4 heteroatoms. The van der Waals surface area contributed by atoms with Crippen LogP contribution in [0.5, 0.6) is 5.75 Å². The van der Waals surface area contributed by atoms with Gasteiger partial charge in [-0.3, -0.25) is 0 Å². The fraction of sp³-hybridized carbons (Fsp3) is 0.333. The Kier molecular flexibility index (Phi) is 3.97. The molecule has 22 heavy (non-hydrogen) atoms. The summed E-state index contributed by atoms with van der Waals surface area (Å²) in [6.07, 6.45) is 5.16. The van der Waals surface area contributed by atoms with Crippen LogP contribution in [-0.2, 0) is 5.41 Å². The molecule has 0 saturated heterocycles. The van der Waals surface area contributed by atoms with E-state index in [-0.39, 0.29) is 5.41 Å². The van der Waals surface area contributed by atoms with Gasteiger partial charge in [-0.15, -0.1) is 0 Å². The van der Waals surface area contributed by atoms with Crippen molar-refractivity contribution >= 4 is 5.82 Å². The second-order valence-corrected chi connectivity index (χ2v) is 5.70. The number of ether oxygens (including phenoxy) is 1. The average molecular weight is 293 g/mol. The van der Waals surface area contributed by atoms with Crippen LogP contribution >= 0.6 is 0 Å². The van der Waals surface area contributed by atoms with Crippen LogP contribution in [0.15, 0.2) is 42.6 Å². The molecule has 0 spiro atoms. The lowest BCUT2D eigenvalue weighted by molar-refractivity contribution is 0.250. The molecule has 0 atom stereocenters. The third-order valence-electron chi connectivity index (χ3n) is 4.51. The molecule has 1 saturated carbocycles. The molecule has 1 fully saturated rings. The number of hydrogen-bond donors (Lipinski definition) is 1. The van der Waals surface area contributed by atoms with Gasteiger partial charge in [0.15, 0.2) is 0 Å². The van der Waals surface area contributed by atoms with Crippen molar-refractivity contribution in [3.8, 4) is 11.8 Å². The van der Waals surface area contributed by atoms with E-state index in [1.165, 1.54) is 12.0 Å². The van der Waals surface area contributed by atoms with Gasteiger partial charge in [0.25, 0.3) is 0 Å². The van der Waals surface area contributed by atoms with Crippen LogP contribution in [0.4, 0.5) is 5.82 Å². The van der Waals surface area contributed by atoms with Crippen LogP contribution in [0, 0.1) is 11.3 Å². The molecule has 4 nitrogen and oxygen atoms in total. The van der Waals surface area contributed by atoms with E-state index < -0.39 is 0 Å². The van der Waals surface area contributed by atoms with Gasteiger partial charge in [-0.25, -0.2) is 4.98 Å². The number of methoxy groups -OCH3 is 1. The summed E-state index contributed by atoms with van der Waals surface area (Å²) >= 11 is 0. The van der Waals surface area contributed by atoms with Gasteiger partial charge < -0.3 is 10.1 Å². The molecular weight excluding hydrogens is 274 g/mol. The summed E-state index contributed by atoms with van der Waals surface area (Å²) in [4.78, 5) is 4.28. The van der Waals surface area contributed by atoms with Crippen molar-refractivity contribution in [3.63, 3.8) is 0 Å². The van der Waals surface area contributed by atoms with Crippen molar-refractivity contribution in [2.24, 2.45) is 0 Å². The Morgan fingerprint density at radius 1 is 1.27 bits per heavy atom. The highest BCUT2D eigenvalue weighted by Crippen LogP contribution is 2.47. The van der Waals surface area contributed by atoms with Crippen molar-refractivity contribution in [2.75, 3.05) is 19.0 Å². The number of pyridine rings is 1. The maximum absolute atomic E-state index is 9.17. The minimum Gasteiger partial charge on any atom is -0.496 e. The molecule has 0 aliphatic heterocycles. The maximum Gasteiger partial charge on any atom is 0.143 e. The zero-order valence-electron chi connectivity index (χ0n) is 12.7. The number of anilines is 1. The lowest BCUT2D eigenvalue weighted by Crippen LogP contribution is -2.41. The van der Waals surface area contributed by atoms with Gasteiger partial charge in [0.2, 0.25) is 0 Å². The summed E-state index contributed by atoms with van der Waals surface area (Å²) < 4.78 is 5.53. The smallest absolute Gasteiger partial charge is 0.143 e. The molecule has 0 unspecified atom stereocenters. The SMILES string of the molecule is COc1ccccc1C1(CNc2ncccc2C#N)CCC1. The number of nitrogens with zero attached hydrogens (tertiary/aromatic N) is 2. The fourth-order valence-corrected chi connectivity index (χ4v) is 3.12.